The van der Waals surface area contributed by atoms with Gasteiger partial charge in [0.05, 0.1) is 19.3 Å². The number of hydrogen-bond donors (Lipinski definition) is 1. The second kappa shape index (κ2) is 6.99. The molecular formula is C18H20N4O4. The number of carbonyl (C=O) groups excluding carboxylic acids is 1. The van der Waals surface area contributed by atoms with Gasteiger partial charge in [-0.2, -0.15) is 0 Å². The van der Waals surface area contributed by atoms with Gasteiger partial charge in [-0.25, -0.2) is 14.3 Å². The molecule has 0 saturated heterocycles. The molecule has 0 radical (unpaired) electrons. The highest BCUT2D eigenvalue weighted by Gasteiger charge is 2.23. The topological polar surface area (TPSA) is 98.6 Å². The zero-order valence-electron chi connectivity index (χ0n) is 15.1. The number of nitrogens with zero attached hydrogens (tertiary/aromatic N) is 3. The predicted octanol–water partition coefficient (Wildman–Crippen LogP) is 2.39. The number of nitrogens with one attached hydrogen (secondary N) is 1. The molecule has 3 aromatic heterocycles. The minimum Gasteiger partial charge on any atom is -0.481 e. The first-order valence-corrected chi connectivity index (χ1v) is 8.29. The lowest BCUT2D eigenvalue weighted by Gasteiger charge is -2.07. The lowest BCUT2D eigenvalue weighted by atomic mass is 10.0. The van der Waals surface area contributed by atoms with Gasteiger partial charge >= 0.3 is 5.97 Å². The van der Waals surface area contributed by atoms with E-state index in [-0.39, 0.29) is 18.1 Å². The number of H-pyrrole nitrogens is 1. The van der Waals surface area contributed by atoms with E-state index in [2.05, 4.69) is 15.1 Å². The Bertz CT molecular complexity index is 1000. The molecule has 0 bridgehead atoms. The molecule has 136 valence electrons. The number of methoxy groups -OCH3 is 1. The molecule has 0 aliphatic carbocycles. The summed E-state index contributed by atoms with van der Waals surface area (Å²) in [5.41, 5.74) is 1.61. The number of aromatic nitrogens is 4. The van der Waals surface area contributed by atoms with Gasteiger partial charge in [0.2, 0.25) is 5.88 Å². The first kappa shape index (κ1) is 17.7. The number of aromatic amines is 1. The van der Waals surface area contributed by atoms with E-state index >= 15 is 0 Å². The number of hydrogen-bond acceptors (Lipinski definition) is 6. The summed E-state index contributed by atoms with van der Waals surface area (Å²) >= 11 is 0. The van der Waals surface area contributed by atoms with E-state index in [0.717, 1.165) is 0 Å². The first-order chi connectivity index (χ1) is 12.5. The zero-order valence-corrected chi connectivity index (χ0v) is 15.1. The van der Waals surface area contributed by atoms with Crippen molar-refractivity contribution in [3.8, 4) is 17.3 Å². The van der Waals surface area contributed by atoms with Gasteiger partial charge in [-0.1, -0.05) is 13.8 Å². The van der Waals surface area contributed by atoms with Crippen LogP contribution >= 0.6 is 0 Å². The van der Waals surface area contributed by atoms with Crippen LogP contribution in [0.25, 0.3) is 16.9 Å². The van der Waals surface area contributed by atoms with Gasteiger partial charge in [0, 0.05) is 29.6 Å². The van der Waals surface area contributed by atoms with Crippen molar-refractivity contribution in [2.24, 2.45) is 0 Å². The Morgan fingerprint density at radius 1 is 1.35 bits per heavy atom. The molecule has 0 fully saturated rings. The van der Waals surface area contributed by atoms with Crippen LogP contribution in [0.4, 0.5) is 0 Å². The van der Waals surface area contributed by atoms with E-state index < -0.39 is 5.97 Å². The lowest BCUT2D eigenvalue weighted by molar-refractivity contribution is 0.0525. The standard InChI is InChI=1S/C18H20N4O4/c1-5-26-18(24)12-9-22-15(14(12)10(2)3)17(23)20-16(21-22)11-6-7-13(25-4)19-8-11/h6-10H,5H2,1-4H3,(H,20,21,23). The van der Waals surface area contributed by atoms with Crippen LogP contribution in [-0.2, 0) is 4.74 Å². The second-order valence-electron chi connectivity index (χ2n) is 6.02. The monoisotopic (exact) mass is 356 g/mol. The molecule has 3 rings (SSSR count). The summed E-state index contributed by atoms with van der Waals surface area (Å²) in [5.74, 6) is 0.299. The summed E-state index contributed by atoms with van der Waals surface area (Å²) in [7, 11) is 1.53. The third kappa shape index (κ3) is 3.05. The molecule has 0 unspecified atom stereocenters. The smallest absolute Gasteiger partial charge is 0.340 e. The second-order valence-corrected chi connectivity index (χ2v) is 6.02. The maximum Gasteiger partial charge on any atom is 0.340 e. The quantitative estimate of drug-likeness (QED) is 0.705. The van der Waals surface area contributed by atoms with Gasteiger partial charge in [0.1, 0.15) is 5.52 Å². The average molecular weight is 356 g/mol. The normalized spacial score (nSPS) is 11.1. The number of carbonyl (C=O) groups is 1. The molecule has 3 aromatic rings. The van der Waals surface area contributed by atoms with Gasteiger partial charge in [-0.05, 0) is 18.9 Å². The van der Waals surface area contributed by atoms with E-state index in [1.165, 1.54) is 11.6 Å². The summed E-state index contributed by atoms with van der Waals surface area (Å²) < 4.78 is 11.6. The maximum absolute atomic E-state index is 12.7. The molecule has 1 N–H and O–H groups in total. The van der Waals surface area contributed by atoms with Crippen molar-refractivity contribution in [1.82, 2.24) is 19.6 Å². The number of fused-ring (bicyclic) bond motifs is 1. The molecule has 0 amide bonds. The fourth-order valence-corrected chi connectivity index (χ4v) is 2.84. The van der Waals surface area contributed by atoms with Crippen LogP contribution in [0.1, 0.15) is 42.6 Å². The van der Waals surface area contributed by atoms with Crippen molar-refractivity contribution >= 4 is 11.5 Å². The summed E-state index contributed by atoms with van der Waals surface area (Å²) in [6.07, 6.45) is 3.10. The Morgan fingerprint density at radius 3 is 2.69 bits per heavy atom. The van der Waals surface area contributed by atoms with Crippen LogP contribution in [0.15, 0.2) is 29.3 Å². The van der Waals surface area contributed by atoms with E-state index in [1.54, 1.807) is 31.5 Å². The molecule has 8 nitrogen and oxygen atoms in total. The summed E-state index contributed by atoms with van der Waals surface area (Å²) in [6, 6.07) is 3.42. The summed E-state index contributed by atoms with van der Waals surface area (Å²) in [6.45, 7) is 5.83. The minimum absolute atomic E-state index is 0.0455. The van der Waals surface area contributed by atoms with Crippen LogP contribution in [0.5, 0.6) is 5.88 Å². The minimum atomic E-state index is -0.464. The van der Waals surface area contributed by atoms with Gasteiger partial charge in [-0.15, -0.1) is 5.10 Å². The van der Waals surface area contributed by atoms with Crippen molar-refractivity contribution in [2.75, 3.05) is 13.7 Å². The number of esters is 1. The van der Waals surface area contributed by atoms with E-state index in [1.807, 2.05) is 13.8 Å². The molecule has 0 spiro atoms. The van der Waals surface area contributed by atoms with Crippen LogP contribution in [0.3, 0.4) is 0 Å². The van der Waals surface area contributed by atoms with Crippen LogP contribution in [0, 0.1) is 0 Å². The molecule has 0 atom stereocenters. The number of pyridine rings is 1. The average Bonchev–Trinajstić information content (AvgIpc) is 3.02. The fourth-order valence-electron chi connectivity index (χ4n) is 2.84. The third-order valence-electron chi connectivity index (χ3n) is 3.97. The van der Waals surface area contributed by atoms with Crippen molar-refractivity contribution < 1.29 is 14.3 Å². The third-order valence-corrected chi connectivity index (χ3v) is 3.97. The maximum atomic E-state index is 12.7. The number of rotatable bonds is 5. The molecule has 8 heteroatoms. The fraction of sp³-hybridized carbons (Fsp3) is 0.333. The van der Waals surface area contributed by atoms with Crippen molar-refractivity contribution in [3.63, 3.8) is 0 Å². The summed E-state index contributed by atoms with van der Waals surface area (Å²) in [5, 5.41) is 4.44. The highest BCUT2D eigenvalue weighted by molar-refractivity contribution is 5.94. The molecule has 0 aliphatic heterocycles. The zero-order chi connectivity index (χ0) is 18.8. The highest BCUT2D eigenvalue weighted by Crippen LogP contribution is 2.26. The molecule has 0 aromatic carbocycles. The van der Waals surface area contributed by atoms with Crippen LogP contribution in [0.2, 0.25) is 0 Å². The Labute approximate surface area is 149 Å². The van der Waals surface area contributed by atoms with Crippen molar-refractivity contribution in [3.05, 3.63) is 46.0 Å². The molecule has 26 heavy (non-hydrogen) atoms. The highest BCUT2D eigenvalue weighted by atomic mass is 16.5. The molecule has 0 saturated carbocycles. The van der Waals surface area contributed by atoms with Crippen LogP contribution in [-0.4, -0.2) is 39.3 Å². The van der Waals surface area contributed by atoms with Gasteiger partial charge in [0.15, 0.2) is 5.82 Å². The Hall–Kier alpha value is -3.16. The Kier molecular flexibility index (Phi) is 4.75. The SMILES string of the molecule is CCOC(=O)c1cn2nc(-c3ccc(OC)nc3)[nH]c(=O)c2c1C(C)C. The molecule has 0 aliphatic rings. The first-order valence-electron chi connectivity index (χ1n) is 8.29. The van der Waals surface area contributed by atoms with Crippen molar-refractivity contribution in [1.29, 1.82) is 0 Å². The number of ether oxygens (including phenoxy) is 2. The predicted molar refractivity (Wildman–Crippen MR) is 95.6 cm³/mol. The largest absolute Gasteiger partial charge is 0.481 e. The Balaban J connectivity index is 2.19. The van der Waals surface area contributed by atoms with E-state index in [4.69, 9.17) is 9.47 Å². The van der Waals surface area contributed by atoms with Crippen LogP contribution < -0.4 is 10.3 Å². The van der Waals surface area contributed by atoms with Gasteiger partial charge in [0.25, 0.3) is 5.56 Å². The molecule has 3 heterocycles. The van der Waals surface area contributed by atoms with E-state index in [0.29, 0.717) is 33.9 Å². The van der Waals surface area contributed by atoms with Gasteiger partial charge < -0.3 is 14.5 Å². The molecular weight excluding hydrogens is 336 g/mol. The van der Waals surface area contributed by atoms with Gasteiger partial charge in [-0.3, -0.25) is 4.79 Å². The van der Waals surface area contributed by atoms with E-state index in [9.17, 15) is 9.59 Å². The lowest BCUT2D eigenvalue weighted by Crippen LogP contribution is -2.15. The Morgan fingerprint density at radius 2 is 2.12 bits per heavy atom. The summed E-state index contributed by atoms with van der Waals surface area (Å²) in [4.78, 5) is 31.9. The van der Waals surface area contributed by atoms with Crippen molar-refractivity contribution in [2.45, 2.75) is 26.7 Å².